The van der Waals surface area contributed by atoms with E-state index in [1.807, 2.05) is 30.5 Å². The van der Waals surface area contributed by atoms with Gasteiger partial charge in [0.25, 0.3) is 0 Å². The average Bonchev–Trinajstić information content (AvgIpc) is 2.35. The first kappa shape index (κ1) is 12.1. The van der Waals surface area contributed by atoms with Gasteiger partial charge in [0.2, 0.25) is 0 Å². The molecule has 88 valence electrons. The Morgan fingerprint density at radius 2 is 2.18 bits per heavy atom. The summed E-state index contributed by atoms with van der Waals surface area (Å²) < 4.78 is 6.81. The highest BCUT2D eigenvalue weighted by molar-refractivity contribution is 9.10. The Balaban J connectivity index is 1.88. The number of halogens is 1. The van der Waals surface area contributed by atoms with E-state index in [2.05, 4.69) is 33.9 Å². The summed E-state index contributed by atoms with van der Waals surface area (Å²) >= 11 is 3.47. The second-order valence-corrected chi connectivity index (χ2v) is 4.73. The number of nitrogens with zero attached hydrogens (tertiary/aromatic N) is 1. The molecule has 17 heavy (non-hydrogen) atoms. The van der Waals surface area contributed by atoms with E-state index < -0.39 is 0 Å². The molecule has 0 bridgehead atoms. The molecule has 2 rings (SSSR count). The van der Waals surface area contributed by atoms with Gasteiger partial charge in [-0.1, -0.05) is 22.0 Å². The Labute approximate surface area is 110 Å². The molecule has 0 saturated carbocycles. The number of aromatic nitrogens is 1. The van der Waals surface area contributed by atoms with Crippen LogP contribution in [0.15, 0.2) is 47.2 Å². The molecule has 1 aromatic heterocycles. The highest BCUT2D eigenvalue weighted by Crippen LogP contribution is 2.21. The molecule has 0 atom stereocenters. The summed E-state index contributed by atoms with van der Waals surface area (Å²) in [6, 6.07) is 10.0. The molecular formula is C14H14BrNO. The van der Waals surface area contributed by atoms with Crippen molar-refractivity contribution in [3.8, 4) is 5.75 Å². The Bertz CT molecular complexity index is 485. The van der Waals surface area contributed by atoms with Gasteiger partial charge in [0.1, 0.15) is 5.75 Å². The summed E-state index contributed by atoms with van der Waals surface area (Å²) in [5.41, 5.74) is 2.38. The highest BCUT2D eigenvalue weighted by atomic mass is 79.9. The van der Waals surface area contributed by atoms with Gasteiger partial charge in [-0.05, 0) is 42.3 Å². The van der Waals surface area contributed by atoms with Gasteiger partial charge in [-0.15, -0.1) is 0 Å². The predicted octanol–water partition coefficient (Wildman–Crippen LogP) is 3.77. The van der Waals surface area contributed by atoms with Crippen molar-refractivity contribution in [3.63, 3.8) is 0 Å². The van der Waals surface area contributed by atoms with Crippen LogP contribution in [0.5, 0.6) is 5.75 Å². The molecule has 1 aromatic carbocycles. The standard InChI is InChI=1S/C14H14BrNO/c1-11-9-13(4-5-14(11)15)17-8-6-12-3-2-7-16-10-12/h2-5,7,9-10H,6,8H2,1H3. The summed E-state index contributed by atoms with van der Waals surface area (Å²) in [6.07, 6.45) is 4.53. The molecule has 2 nitrogen and oxygen atoms in total. The van der Waals surface area contributed by atoms with Gasteiger partial charge in [-0.3, -0.25) is 4.98 Å². The largest absolute Gasteiger partial charge is 0.493 e. The number of pyridine rings is 1. The molecule has 0 aliphatic rings. The molecule has 1 heterocycles. The molecule has 3 heteroatoms. The van der Waals surface area contributed by atoms with Gasteiger partial charge >= 0.3 is 0 Å². The number of ether oxygens (including phenoxy) is 1. The lowest BCUT2D eigenvalue weighted by Crippen LogP contribution is -2.01. The molecule has 0 radical (unpaired) electrons. The Kier molecular flexibility index (Phi) is 4.15. The number of rotatable bonds is 4. The Morgan fingerprint density at radius 3 is 2.88 bits per heavy atom. The van der Waals surface area contributed by atoms with Crippen LogP contribution >= 0.6 is 15.9 Å². The maximum absolute atomic E-state index is 5.70. The third kappa shape index (κ3) is 3.56. The van der Waals surface area contributed by atoms with Crippen LogP contribution < -0.4 is 4.74 Å². The van der Waals surface area contributed by atoms with Crippen molar-refractivity contribution in [1.82, 2.24) is 4.98 Å². The molecule has 0 N–H and O–H groups in total. The minimum Gasteiger partial charge on any atom is -0.493 e. The molecule has 2 aromatic rings. The molecule has 0 unspecified atom stereocenters. The number of hydrogen-bond donors (Lipinski definition) is 0. The van der Waals surface area contributed by atoms with Gasteiger partial charge in [0.15, 0.2) is 0 Å². The zero-order valence-corrected chi connectivity index (χ0v) is 11.3. The third-order valence-corrected chi connectivity index (χ3v) is 3.40. The van der Waals surface area contributed by atoms with Crippen LogP contribution in [0, 0.1) is 6.92 Å². The lowest BCUT2D eigenvalue weighted by atomic mass is 10.2. The van der Waals surface area contributed by atoms with E-state index in [0.717, 1.165) is 16.6 Å². The summed E-state index contributed by atoms with van der Waals surface area (Å²) in [5, 5.41) is 0. The summed E-state index contributed by atoms with van der Waals surface area (Å²) in [7, 11) is 0. The maximum Gasteiger partial charge on any atom is 0.119 e. The van der Waals surface area contributed by atoms with Crippen LogP contribution in [0.2, 0.25) is 0 Å². The summed E-state index contributed by atoms with van der Waals surface area (Å²) in [5.74, 6) is 0.912. The SMILES string of the molecule is Cc1cc(OCCc2cccnc2)ccc1Br. The summed E-state index contributed by atoms with van der Waals surface area (Å²) in [6.45, 7) is 2.73. The fourth-order valence-corrected chi connectivity index (χ4v) is 1.79. The third-order valence-electron chi connectivity index (χ3n) is 2.51. The number of benzene rings is 1. The van der Waals surface area contributed by atoms with Crippen molar-refractivity contribution in [3.05, 3.63) is 58.3 Å². The van der Waals surface area contributed by atoms with E-state index in [0.29, 0.717) is 6.61 Å². The van der Waals surface area contributed by atoms with Crippen molar-refractivity contribution in [1.29, 1.82) is 0 Å². The average molecular weight is 292 g/mol. The van der Waals surface area contributed by atoms with Gasteiger partial charge in [-0.2, -0.15) is 0 Å². The fourth-order valence-electron chi connectivity index (χ4n) is 1.54. The first-order valence-corrected chi connectivity index (χ1v) is 6.33. The lowest BCUT2D eigenvalue weighted by Gasteiger charge is -2.07. The molecule has 0 fully saturated rings. The lowest BCUT2D eigenvalue weighted by molar-refractivity contribution is 0.321. The maximum atomic E-state index is 5.70. The fraction of sp³-hybridized carbons (Fsp3) is 0.214. The first-order chi connectivity index (χ1) is 8.25. The Hall–Kier alpha value is -1.35. The van der Waals surface area contributed by atoms with Crippen LogP contribution in [0.4, 0.5) is 0 Å². The van der Waals surface area contributed by atoms with Gasteiger partial charge in [0, 0.05) is 23.3 Å². The van der Waals surface area contributed by atoms with Crippen LogP contribution in [0.3, 0.4) is 0 Å². The molecule has 0 spiro atoms. The van der Waals surface area contributed by atoms with Crippen molar-refractivity contribution in [2.45, 2.75) is 13.3 Å². The van der Waals surface area contributed by atoms with Crippen LogP contribution in [0.1, 0.15) is 11.1 Å². The highest BCUT2D eigenvalue weighted by Gasteiger charge is 1.98. The number of hydrogen-bond acceptors (Lipinski definition) is 2. The second kappa shape index (κ2) is 5.82. The number of aryl methyl sites for hydroxylation is 1. The summed E-state index contributed by atoms with van der Waals surface area (Å²) in [4.78, 5) is 4.07. The quantitative estimate of drug-likeness (QED) is 0.855. The zero-order valence-electron chi connectivity index (χ0n) is 9.69. The monoisotopic (exact) mass is 291 g/mol. The van der Waals surface area contributed by atoms with E-state index in [-0.39, 0.29) is 0 Å². The van der Waals surface area contributed by atoms with E-state index in [1.54, 1.807) is 6.20 Å². The molecular weight excluding hydrogens is 278 g/mol. The second-order valence-electron chi connectivity index (χ2n) is 3.87. The van der Waals surface area contributed by atoms with Crippen LogP contribution in [-0.2, 0) is 6.42 Å². The minimum atomic E-state index is 0.673. The molecule has 0 aliphatic heterocycles. The van der Waals surface area contributed by atoms with E-state index in [9.17, 15) is 0 Å². The first-order valence-electron chi connectivity index (χ1n) is 5.53. The molecule has 0 aliphatic carbocycles. The van der Waals surface area contributed by atoms with Crippen LogP contribution in [0.25, 0.3) is 0 Å². The van der Waals surface area contributed by atoms with Gasteiger partial charge < -0.3 is 4.74 Å². The molecule has 0 amide bonds. The van der Waals surface area contributed by atoms with Gasteiger partial charge in [-0.25, -0.2) is 0 Å². The topological polar surface area (TPSA) is 22.1 Å². The van der Waals surface area contributed by atoms with Crippen molar-refractivity contribution >= 4 is 15.9 Å². The Morgan fingerprint density at radius 1 is 1.29 bits per heavy atom. The van der Waals surface area contributed by atoms with Crippen molar-refractivity contribution in [2.75, 3.05) is 6.61 Å². The predicted molar refractivity (Wildman–Crippen MR) is 72.3 cm³/mol. The van der Waals surface area contributed by atoms with E-state index in [1.165, 1.54) is 11.1 Å². The van der Waals surface area contributed by atoms with Crippen molar-refractivity contribution < 1.29 is 4.74 Å². The van der Waals surface area contributed by atoms with Crippen LogP contribution in [-0.4, -0.2) is 11.6 Å². The van der Waals surface area contributed by atoms with E-state index >= 15 is 0 Å². The molecule has 0 saturated heterocycles. The van der Waals surface area contributed by atoms with Crippen molar-refractivity contribution in [2.24, 2.45) is 0 Å². The normalized spacial score (nSPS) is 10.2. The smallest absolute Gasteiger partial charge is 0.119 e. The minimum absolute atomic E-state index is 0.673. The van der Waals surface area contributed by atoms with Gasteiger partial charge in [0.05, 0.1) is 6.61 Å². The van der Waals surface area contributed by atoms with E-state index in [4.69, 9.17) is 4.74 Å². The zero-order chi connectivity index (χ0) is 12.1.